The van der Waals surface area contributed by atoms with Crippen LogP contribution in [-0.4, -0.2) is 26.2 Å². The first-order valence-electron chi connectivity index (χ1n) is 7.52. The second-order valence-corrected chi connectivity index (χ2v) is 5.47. The van der Waals surface area contributed by atoms with Gasteiger partial charge in [-0.15, -0.1) is 0 Å². The van der Waals surface area contributed by atoms with Gasteiger partial charge in [-0.2, -0.15) is 0 Å². The second-order valence-electron chi connectivity index (χ2n) is 5.03. The summed E-state index contributed by atoms with van der Waals surface area (Å²) in [6.45, 7) is 1.88. The van der Waals surface area contributed by atoms with Gasteiger partial charge in [0.05, 0.1) is 14.2 Å². The molecule has 0 spiro atoms. The summed E-state index contributed by atoms with van der Waals surface area (Å²) in [7, 11) is 3.10. The maximum Gasteiger partial charge on any atom is 0.265 e. The molecule has 2 aromatic rings. The lowest BCUT2D eigenvalue weighted by molar-refractivity contribution is -0.122. The van der Waals surface area contributed by atoms with E-state index < -0.39 is 6.10 Å². The van der Waals surface area contributed by atoms with Gasteiger partial charge in [-0.1, -0.05) is 24.6 Å². The van der Waals surface area contributed by atoms with Gasteiger partial charge in [-0.3, -0.25) is 4.79 Å². The van der Waals surface area contributed by atoms with E-state index in [1.807, 2.05) is 6.92 Å². The molecule has 24 heavy (non-hydrogen) atoms. The summed E-state index contributed by atoms with van der Waals surface area (Å²) in [5.74, 6) is 1.44. The highest BCUT2D eigenvalue weighted by Gasteiger charge is 2.19. The van der Waals surface area contributed by atoms with Gasteiger partial charge in [-0.25, -0.2) is 0 Å². The Morgan fingerprint density at radius 2 is 1.88 bits per heavy atom. The number of amides is 1. The monoisotopic (exact) mass is 349 g/mol. The summed E-state index contributed by atoms with van der Waals surface area (Å²) in [6, 6.07) is 12.1. The van der Waals surface area contributed by atoms with E-state index in [2.05, 4.69) is 5.32 Å². The van der Waals surface area contributed by atoms with Gasteiger partial charge in [0, 0.05) is 16.8 Å². The largest absolute Gasteiger partial charge is 0.493 e. The molecular formula is C18H20ClNO4. The Morgan fingerprint density at radius 3 is 2.50 bits per heavy atom. The second kappa shape index (κ2) is 8.45. The van der Waals surface area contributed by atoms with Crippen molar-refractivity contribution in [3.8, 4) is 17.2 Å². The lowest BCUT2D eigenvalue weighted by Crippen LogP contribution is -2.32. The number of methoxy groups -OCH3 is 2. The zero-order valence-electron chi connectivity index (χ0n) is 13.8. The van der Waals surface area contributed by atoms with Gasteiger partial charge < -0.3 is 19.5 Å². The van der Waals surface area contributed by atoms with Crippen LogP contribution in [0, 0.1) is 0 Å². The van der Waals surface area contributed by atoms with Gasteiger partial charge in [0.2, 0.25) is 0 Å². The van der Waals surface area contributed by atoms with Crippen LogP contribution in [0.15, 0.2) is 42.5 Å². The molecule has 0 unspecified atom stereocenters. The average molecular weight is 350 g/mol. The highest BCUT2D eigenvalue weighted by molar-refractivity contribution is 6.30. The predicted molar refractivity (Wildman–Crippen MR) is 94.3 cm³/mol. The number of hydrogen-bond donors (Lipinski definition) is 1. The van der Waals surface area contributed by atoms with Crippen molar-refractivity contribution in [1.29, 1.82) is 0 Å². The molecule has 2 aromatic carbocycles. The number of halogens is 1. The molecule has 0 bridgehead atoms. The summed E-state index contributed by atoms with van der Waals surface area (Å²) >= 11 is 5.94. The Bertz CT molecular complexity index is 705. The van der Waals surface area contributed by atoms with Crippen LogP contribution in [0.4, 0.5) is 5.69 Å². The van der Waals surface area contributed by atoms with Crippen molar-refractivity contribution < 1.29 is 19.0 Å². The van der Waals surface area contributed by atoms with E-state index in [0.717, 1.165) is 0 Å². The summed E-state index contributed by atoms with van der Waals surface area (Å²) in [4.78, 5) is 12.4. The highest BCUT2D eigenvalue weighted by atomic mass is 35.5. The zero-order chi connectivity index (χ0) is 17.5. The van der Waals surface area contributed by atoms with Gasteiger partial charge in [0.25, 0.3) is 5.91 Å². The number of ether oxygens (including phenoxy) is 3. The van der Waals surface area contributed by atoms with Crippen molar-refractivity contribution in [3.05, 3.63) is 47.5 Å². The Morgan fingerprint density at radius 1 is 1.12 bits per heavy atom. The molecule has 0 fully saturated rings. The molecule has 128 valence electrons. The molecule has 0 aliphatic rings. The molecule has 0 aliphatic heterocycles. The first-order chi connectivity index (χ1) is 11.6. The SMILES string of the molecule is CC[C@@H](Oc1cccc(Cl)c1)C(=O)Nc1ccc(OC)c(OC)c1. The van der Waals surface area contributed by atoms with Gasteiger partial charge in [-0.05, 0) is 36.8 Å². The van der Waals surface area contributed by atoms with E-state index in [1.165, 1.54) is 0 Å². The number of rotatable bonds is 7. The summed E-state index contributed by atoms with van der Waals surface area (Å²) < 4.78 is 16.1. The van der Waals surface area contributed by atoms with Crippen molar-refractivity contribution in [1.82, 2.24) is 0 Å². The first-order valence-corrected chi connectivity index (χ1v) is 7.90. The van der Waals surface area contributed by atoms with Crippen molar-refractivity contribution in [2.45, 2.75) is 19.4 Å². The summed E-state index contributed by atoms with van der Waals surface area (Å²) in [5, 5.41) is 3.38. The topological polar surface area (TPSA) is 56.8 Å². The molecule has 1 amide bonds. The molecule has 0 radical (unpaired) electrons. The number of benzene rings is 2. The van der Waals surface area contributed by atoms with Crippen LogP contribution in [0.5, 0.6) is 17.2 Å². The molecule has 2 rings (SSSR count). The Hall–Kier alpha value is -2.40. The van der Waals surface area contributed by atoms with E-state index in [9.17, 15) is 4.79 Å². The van der Waals surface area contributed by atoms with E-state index in [-0.39, 0.29) is 5.91 Å². The third kappa shape index (κ3) is 4.55. The fraction of sp³-hybridized carbons (Fsp3) is 0.278. The fourth-order valence-electron chi connectivity index (χ4n) is 2.16. The lowest BCUT2D eigenvalue weighted by atomic mass is 10.2. The van der Waals surface area contributed by atoms with Crippen LogP contribution < -0.4 is 19.5 Å². The molecule has 1 N–H and O–H groups in total. The minimum absolute atomic E-state index is 0.246. The predicted octanol–water partition coefficient (Wildman–Crippen LogP) is 4.15. The van der Waals surface area contributed by atoms with Crippen molar-refractivity contribution in [2.75, 3.05) is 19.5 Å². The summed E-state index contributed by atoms with van der Waals surface area (Å²) in [5.41, 5.74) is 0.603. The Kier molecular flexibility index (Phi) is 6.32. The van der Waals surface area contributed by atoms with Crippen LogP contribution >= 0.6 is 11.6 Å². The van der Waals surface area contributed by atoms with Crippen molar-refractivity contribution >= 4 is 23.2 Å². The zero-order valence-corrected chi connectivity index (χ0v) is 14.6. The molecule has 0 aromatic heterocycles. The standard InChI is InChI=1S/C18H20ClNO4/c1-4-15(24-14-7-5-6-12(19)10-14)18(21)20-13-8-9-16(22-2)17(11-13)23-3/h5-11,15H,4H2,1-3H3,(H,20,21)/t15-/m1/s1. The van der Waals surface area contributed by atoms with Crippen molar-refractivity contribution in [2.24, 2.45) is 0 Å². The van der Waals surface area contributed by atoms with E-state index >= 15 is 0 Å². The van der Waals surface area contributed by atoms with E-state index in [0.29, 0.717) is 34.4 Å². The number of nitrogens with one attached hydrogen (secondary N) is 1. The molecular weight excluding hydrogens is 330 g/mol. The van der Waals surface area contributed by atoms with Crippen molar-refractivity contribution in [3.63, 3.8) is 0 Å². The van der Waals surface area contributed by atoms with Crippen LogP contribution in [0.25, 0.3) is 0 Å². The minimum Gasteiger partial charge on any atom is -0.493 e. The number of anilines is 1. The van der Waals surface area contributed by atoms with E-state index in [1.54, 1.807) is 56.7 Å². The minimum atomic E-state index is -0.628. The highest BCUT2D eigenvalue weighted by Crippen LogP contribution is 2.30. The maximum absolute atomic E-state index is 12.4. The molecule has 0 heterocycles. The number of carbonyl (C=O) groups excluding carboxylic acids is 1. The smallest absolute Gasteiger partial charge is 0.265 e. The molecule has 1 atom stereocenters. The van der Waals surface area contributed by atoms with Gasteiger partial charge in [0.1, 0.15) is 5.75 Å². The molecule has 0 aliphatic carbocycles. The quantitative estimate of drug-likeness (QED) is 0.815. The van der Waals surface area contributed by atoms with Gasteiger partial charge >= 0.3 is 0 Å². The fourth-order valence-corrected chi connectivity index (χ4v) is 2.34. The third-order valence-corrected chi connectivity index (χ3v) is 3.62. The lowest BCUT2D eigenvalue weighted by Gasteiger charge is -2.18. The number of hydrogen-bond acceptors (Lipinski definition) is 4. The molecule has 5 nitrogen and oxygen atoms in total. The van der Waals surface area contributed by atoms with Crippen LogP contribution in [0.3, 0.4) is 0 Å². The average Bonchev–Trinajstić information content (AvgIpc) is 2.59. The molecule has 0 saturated carbocycles. The van der Waals surface area contributed by atoms with Crippen LogP contribution in [-0.2, 0) is 4.79 Å². The first kappa shape index (κ1) is 17.9. The number of carbonyl (C=O) groups is 1. The maximum atomic E-state index is 12.4. The molecule has 6 heteroatoms. The summed E-state index contributed by atoms with van der Waals surface area (Å²) in [6.07, 6.45) is -0.109. The normalized spacial score (nSPS) is 11.5. The molecule has 0 saturated heterocycles. The van der Waals surface area contributed by atoms with E-state index in [4.69, 9.17) is 25.8 Å². The van der Waals surface area contributed by atoms with Gasteiger partial charge in [0.15, 0.2) is 17.6 Å². The van der Waals surface area contributed by atoms with Crippen LogP contribution in [0.1, 0.15) is 13.3 Å². The Balaban J connectivity index is 2.09. The Labute approximate surface area is 146 Å². The third-order valence-electron chi connectivity index (χ3n) is 3.39. The van der Waals surface area contributed by atoms with Crippen LogP contribution in [0.2, 0.25) is 5.02 Å².